The molecule has 2 unspecified atom stereocenters. The SMILES string of the molecule is CCCCCCCCCCCCC(=O)OC[C@H](COP(=O)(O)OC[C@H](O)COP(=O)(O)OC[C@@H](COC(=O)CCCCCCCCCCCCCCCCCCCCC(C)C)OC(=O)CCCCCCCCCCCCCCCCCCCCC(C)C)OC(=O)CCCCCCCCCCCCCCCCCCCCC(C)C. The van der Waals surface area contributed by atoms with Gasteiger partial charge < -0.3 is 33.8 Å². The van der Waals surface area contributed by atoms with Gasteiger partial charge in [-0.3, -0.25) is 37.3 Å². The number of unbranched alkanes of at least 4 members (excludes halogenated alkanes) is 60. The predicted octanol–water partition coefficient (Wildman–Crippen LogP) is 29.2. The van der Waals surface area contributed by atoms with Gasteiger partial charge in [-0.15, -0.1) is 0 Å². The van der Waals surface area contributed by atoms with Crippen LogP contribution < -0.4 is 0 Å². The second-order valence-corrected chi connectivity index (χ2v) is 38.1. The van der Waals surface area contributed by atoms with E-state index < -0.39 is 97.5 Å². The normalized spacial score (nSPS) is 13.7. The molecule has 0 aromatic heterocycles. The number of hydrogen-bond acceptors (Lipinski definition) is 15. The summed E-state index contributed by atoms with van der Waals surface area (Å²) in [7, 11) is -9.94. The van der Waals surface area contributed by atoms with Crippen molar-refractivity contribution in [2.45, 2.75) is 523 Å². The van der Waals surface area contributed by atoms with Gasteiger partial charge in [-0.2, -0.15) is 0 Å². The highest BCUT2D eigenvalue weighted by molar-refractivity contribution is 7.47. The molecule has 0 saturated heterocycles. The maximum absolute atomic E-state index is 13.2. The zero-order chi connectivity index (χ0) is 82.9. The number of aliphatic hydroxyl groups is 1. The van der Waals surface area contributed by atoms with E-state index in [-0.39, 0.29) is 25.7 Å². The molecule has 0 aliphatic rings. The van der Waals surface area contributed by atoms with E-state index in [9.17, 15) is 43.2 Å². The van der Waals surface area contributed by atoms with Crippen LogP contribution in [0, 0.1) is 17.8 Å². The highest BCUT2D eigenvalue weighted by Crippen LogP contribution is 2.45. The molecule has 0 aromatic rings. The number of hydrogen-bond donors (Lipinski definition) is 3. The third kappa shape index (κ3) is 87.7. The van der Waals surface area contributed by atoms with Gasteiger partial charge in [0.25, 0.3) is 0 Å². The van der Waals surface area contributed by atoms with Gasteiger partial charge in [0.1, 0.15) is 19.3 Å². The molecule has 0 saturated carbocycles. The summed E-state index contributed by atoms with van der Waals surface area (Å²) >= 11 is 0. The standard InChI is InChI=1S/C94H184O17P2/c1-8-9-10-11-12-13-47-54-61-68-75-91(96)104-81-89(110-93(98)77-70-63-56-49-42-36-30-24-18-15-21-27-33-39-45-52-59-66-73-86(4)5)83-108-112(100,101)106-79-88(95)80-107-113(102,103)109-84-90(111-94(99)78-71-64-57-50-43-37-31-25-19-16-22-28-34-40-46-53-60-67-74-87(6)7)82-105-92(97)76-69-62-55-48-41-35-29-23-17-14-20-26-32-38-44-51-58-65-72-85(2)3/h85-90,95H,8-84H2,1-7H3,(H,100,101)(H,102,103)/t88-,89+,90+/m0/s1. The fourth-order valence-electron chi connectivity index (χ4n) is 14.8. The van der Waals surface area contributed by atoms with Crippen molar-refractivity contribution in [2.75, 3.05) is 39.6 Å². The quantitative estimate of drug-likeness (QED) is 0.0222. The summed E-state index contributed by atoms with van der Waals surface area (Å²) in [6, 6.07) is 0. The van der Waals surface area contributed by atoms with Gasteiger partial charge in [0.05, 0.1) is 26.4 Å². The van der Waals surface area contributed by atoms with E-state index in [2.05, 4.69) is 48.5 Å². The van der Waals surface area contributed by atoms with Gasteiger partial charge in [-0.1, -0.05) is 453 Å². The Hall–Kier alpha value is -1.94. The summed E-state index contributed by atoms with van der Waals surface area (Å²) in [6.45, 7) is 12.1. The Morgan fingerprint density at radius 1 is 0.239 bits per heavy atom. The van der Waals surface area contributed by atoms with E-state index in [1.807, 2.05) is 0 Å². The van der Waals surface area contributed by atoms with Crippen LogP contribution in [0.15, 0.2) is 0 Å². The third-order valence-electron chi connectivity index (χ3n) is 22.1. The minimum absolute atomic E-state index is 0.109. The Kier molecular flexibility index (Phi) is 82.3. The number of esters is 4. The van der Waals surface area contributed by atoms with Gasteiger partial charge in [0, 0.05) is 25.7 Å². The van der Waals surface area contributed by atoms with Crippen molar-refractivity contribution in [1.29, 1.82) is 0 Å². The van der Waals surface area contributed by atoms with Crippen LogP contribution >= 0.6 is 15.6 Å². The Bertz CT molecular complexity index is 2170. The molecule has 0 bridgehead atoms. The van der Waals surface area contributed by atoms with Crippen LogP contribution in [0.5, 0.6) is 0 Å². The Morgan fingerprint density at radius 2 is 0.407 bits per heavy atom. The summed E-state index contributed by atoms with van der Waals surface area (Å²) < 4.78 is 69.1. The zero-order valence-corrected chi connectivity index (χ0v) is 76.7. The van der Waals surface area contributed by atoms with Crippen LogP contribution in [0.25, 0.3) is 0 Å². The maximum atomic E-state index is 13.2. The zero-order valence-electron chi connectivity index (χ0n) is 74.9. The molecule has 17 nitrogen and oxygen atoms in total. The molecule has 0 aliphatic carbocycles. The Morgan fingerprint density at radius 3 is 0.602 bits per heavy atom. The molecule has 3 N–H and O–H groups in total. The number of carbonyl (C=O) groups excluding carboxylic acids is 4. The van der Waals surface area contributed by atoms with Crippen molar-refractivity contribution in [3.8, 4) is 0 Å². The van der Waals surface area contributed by atoms with Crippen LogP contribution in [0.3, 0.4) is 0 Å². The maximum Gasteiger partial charge on any atom is 0.472 e. The molecule has 0 fully saturated rings. The molecule has 5 atom stereocenters. The molecule has 0 radical (unpaired) electrons. The molecule has 0 rings (SSSR count). The van der Waals surface area contributed by atoms with Crippen molar-refractivity contribution in [2.24, 2.45) is 17.8 Å². The summed E-state index contributed by atoms with van der Waals surface area (Å²) in [5, 5.41) is 10.7. The molecule has 19 heteroatoms. The molecule has 0 spiro atoms. The van der Waals surface area contributed by atoms with E-state index in [4.69, 9.17) is 37.0 Å². The Labute approximate surface area is 696 Å². The van der Waals surface area contributed by atoms with E-state index in [1.54, 1.807) is 0 Å². The van der Waals surface area contributed by atoms with Crippen LogP contribution in [-0.2, 0) is 65.4 Å². The summed E-state index contributed by atoms with van der Waals surface area (Å²) in [4.78, 5) is 73.5. The van der Waals surface area contributed by atoms with Gasteiger partial charge >= 0.3 is 39.5 Å². The summed E-state index contributed by atoms with van der Waals surface area (Å²) in [5.41, 5.74) is 0. The van der Waals surface area contributed by atoms with Crippen molar-refractivity contribution >= 4 is 39.5 Å². The molecule has 0 amide bonds. The van der Waals surface area contributed by atoms with Gasteiger partial charge in [0.2, 0.25) is 0 Å². The highest BCUT2D eigenvalue weighted by Gasteiger charge is 2.31. The van der Waals surface area contributed by atoms with Crippen molar-refractivity contribution in [3.63, 3.8) is 0 Å². The minimum atomic E-state index is -4.97. The number of aliphatic hydroxyl groups excluding tert-OH is 1. The Balaban J connectivity index is 5.20. The van der Waals surface area contributed by atoms with E-state index >= 15 is 0 Å². The van der Waals surface area contributed by atoms with E-state index in [0.29, 0.717) is 25.7 Å². The topological polar surface area (TPSA) is 237 Å². The molecule has 0 aliphatic heterocycles. The predicted molar refractivity (Wildman–Crippen MR) is 469 cm³/mol. The summed E-state index contributed by atoms with van der Waals surface area (Å²) in [5.74, 6) is 0.369. The van der Waals surface area contributed by atoms with Crippen LogP contribution in [-0.4, -0.2) is 96.7 Å². The van der Waals surface area contributed by atoms with Crippen molar-refractivity contribution in [3.05, 3.63) is 0 Å². The first-order valence-electron chi connectivity index (χ1n) is 48.3. The first-order valence-corrected chi connectivity index (χ1v) is 51.3. The smallest absolute Gasteiger partial charge is 0.462 e. The van der Waals surface area contributed by atoms with Crippen LogP contribution in [0.2, 0.25) is 0 Å². The van der Waals surface area contributed by atoms with E-state index in [0.717, 1.165) is 108 Å². The second kappa shape index (κ2) is 83.7. The molecular formula is C94H184O17P2. The largest absolute Gasteiger partial charge is 0.472 e. The second-order valence-electron chi connectivity index (χ2n) is 35.2. The number of phosphoric ester groups is 2. The van der Waals surface area contributed by atoms with Gasteiger partial charge in [-0.05, 0) is 43.4 Å². The highest BCUT2D eigenvalue weighted by atomic mass is 31.2. The average Bonchev–Trinajstić information content (AvgIpc) is 0.888. The number of carbonyl (C=O) groups is 4. The lowest BCUT2D eigenvalue weighted by Gasteiger charge is -2.21. The lowest BCUT2D eigenvalue weighted by molar-refractivity contribution is -0.161. The van der Waals surface area contributed by atoms with Crippen molar-refractivity contribution < 1.29 is 80.2 Å². The van der Waals surface area contributed by atoms with Gasteiger partial charge in [0.15, 0.2) is 12.2 Å². The molecule has 113 heavy (non-hydrogen) atoms. The van der Waals surface area contributed by atoms with E-state index in [1.165, 1.54) is 315 Å². The monoisotopic (exact) mass is 1650 g/mol. The lowest BCUT2D eigenvalue weighted by Crippen LogP contribution is -2.30. The van der Waals surface area contributed by atoms with Crippen LogP contribution in [0.4, 0.5) is 0 Å². The molecule has 0 aromatic carbocycles. The number of ether oxygens (including phenoxy) is 4. The number of rotatable bonds is 92. The fourth-order valence-corrected chi connectivity index (χ4v) is 16.4. The third-order valence-corrected chi connectivity index (χ3v) is 24.0. The van der Waals surface area contributed by atoms with Crippen LogP contribution in [0.1, 0.15) is 504 Å². The molecular weight excluding hydrogens is 1460 g/mol. The fraction of sp³-hybridized carbons (Fsp3) is 0.957. The lowest BCUT2D eigenvalue weighted by atomic mass is 10.0. The van der Waals surface area contributed by atoms with Crippen molar-refractivity contribution in [1.82, 2.24) is 0 Å². The molecule has 0 heterocycles. The summed E-state index contributed by atoms with van der Waals surface area (Å²) in [6.07, 6.45) is 77.9. The number of phosphoric acid groups is 2. The first kappa shape index (κ1) is 111. The minimum Gasteiger partial charge on any atom is -0.462 e. The average molecular weight is 1650 g/mol. The molecule has 672 valence electrons. The first-order chi connectivity index (χ1) is 54.7. The van der Waals surface area contributed by atoms with Gasteiger partial charge in [-0.25, -0.2) is 9.13 Å².